The molecule has 0 N–H and O–H groups in total. The highest BCUT2D eigenvalue weighted by Gasteiger charge is 2.65. The van der Waals surface area contributed by atoms with Crippen molar-refractivity contribution in [2.45, 2.75) is 39.8 Å². The minimum absolute atomic E-state index is 0.0996. The number of fused-ring (bicyclic) bond motifs is 5. The first kappa shape index (κ1) is 22.0. The van der Waals surface area contributed by atoms with Gasteiger partial charge in [0.15, 0.2) is 5.78 Å². The standard InChI is InChI=1S/C26H25N3O5/c1-14-13-16(29(33)34)9-10-18(14)28-24(31)19-20(25(28)32)22(23(30)26(2,3)4)27-12-11-15-7-5-6-8-17(15)21(19)27/h5-13,19-22H,1-4H3/t19-,20-,21-,22+/m1/s1. The van der Waals surface area contributed by atoms with Gasteiger partial charge in [0.1, 0.15) is 6.04 Å². The average molecular weight is 460 g/mol. The Labute approximate surface area is 197 Å². The van der Waals surface area contributed by atoms with E-state index in [4.69, 9.17) is 0 Å². The summed E-state index contributed by atoms with van der Waals surface area (Å²) in [5.74, 6) is -2.48. The van der Waals surface area contributed by atoms with Crippen molar-refractivity contribution in [2.75, 3.05) is 4.90 Å². The minimum atomic E-state index is -0.838. The van der Waals surface area contributed by atoms with Crippen molar-refractivity contribution in [2.24, 2.45) is 17.3 Å². The lowest BCUT2D eigenvalue weighted by molar-refractivity contribution is -0.384. The first-order valence-electron chi connectivity index (χ1n) is 11.2. The number of nitro benzene ring substituents is 1. The van der Waals surface area contributed by atoms with Crippen LogP contribution in [0.2, 0.25) is 0 Å². The van der Waals surface area contributed by atoms with Crippen LogP contribution in [0, 0.1) is 34.3 Å². The normalized spacial score (nSPS) is 25.3. The summed E-state index contributed by atoms with van der Waals surface area (Å²) in [6, 6.07) is 10.6. The van der Waals surface area contributed by atoms with Crippen molar-refractivity contribution in [1.82, 2.24) is 4.90 Å². The lowest BCUT2D eigenvalue weighted by Gasteiger charge is -2.37. The molecule has 174 valence electrons. The highest BCUT2D eigenvalue weighted by atomic mass is 16.6. The zero-order valence-corrected chi connectivity index (χ0v) is 19.4. The fourth-order valence-corrected chi connectivity index (χ4v) is 5.54. The number of imide groups is 1. The van der Waals surface area contributed by atoms with Crippen LogP contribution in [-0.4, -0.2) is 33.5 Å². The van der Waals surface area contributed by atoms with E-state index in [0.717, 1.165) is 16.0 Å². The van der Waals surface area contributed by atoms with Gasteiger partial charge in [0.25, 0.3) is 5.69 Å². The Bertz CT molecular complexity index is 1290. The fraction of sp³-hybridized carbons (Fsp3) is 0.346. The third-order valence-electron chi connectivity index (χ3n) is 7.10. The summed E-state index contributed by atoms with van der Waals surface area (Å²) in [4.78, 5) is 55.0. The molecule has 4 atom stereocenters. The van der Waals surface area contributed by atoms with Gasteiger partial charge in [0, 0.05) is 23.7 Å². The summed E-state index contributed by atoms with van der Waals surface area (Å²) >= 11 is 0. The monoisotopic (exact) mass is 459 g/mol. The topological polar surface area (TPSA) is 101 Å². The lowest BCUT2D eigenvalue weighted by atomic mass is 9.79. The predicted octanol–water partition coefficient (Wildman–Crippen LogP) is 4.03. The second-order valence-electron chi connectivity index (χ2n) is 10.2. The summed E-state index contributed by atoms with van der Waals surface area (Å²) < 4.78 is 0. The smallest absolute Gasteiger partial charge is 0.269 e. The van der Waals surface area contributed by atoms with Crippen molar-refractivity contribution in [3.63, 3.8) is 0 Å². The van der Waals surface area contributed by atoms with Crippen molar-refractivity contribution in [3.05, 3.63) is 75.5 Å². The number of nitrogens with zero attached hydrogens (tertiary/aromatic N) is 3. The highest BCUT2D eigenvalue weighted by molar-refractivity contribution is 6.24. The van der Waals surface area contributed by atoms with Gasteiger partial charge in [-0.25, -0.2) is 4.90 Å². The van der Waals surface area contributed by atoms with E-state index < -0.39 is 40.2 Å². The first-order chi connectivity index (χ1) is 16.0. The Kier molecular flexibility index (Phi) is 4.76. The van der Waals surface area contributed by atoms with Crippen LogP contribution in [0.5, 0.6) is 0 Å². The molecule has 0 unspecified atom stereocenters. The molecular formula is C26H25N3O5. The Morgan fingerprint density at radius 3 is 2.35 bits per heavy atom. The van der Waals surface area contributed by atoms with Gasteiger partial charge in [0.05, 0.1) is 28.5 Å². The summed E-state index contributed by atoms with van der Waals surface area (Å²) in [5.41, 5.74) is 1.82. The molecule has 34 heavy (non-hydrogen) atoms. The molecule has 0 saturated carbocycles. The molecule has 3 aliphatic rings. The predicted molar refractivity (Wildman–Crippen MR) is 126 cm³/mol. The zero-order chi connectivity index (χ0) is 24.5. The van der Waals surface area contributed by atoms with E-state index in [1.165, 1.54) is 18.2 Å². The van der Waals surface area contributed by atoms with Gasteiger partial charge < -0.3 is 4.90 Å². The van der Waals surface area contributed by atoms with Crippen LogP contribution in [0.4, 0.5) is 11.4 Å². The Morgan fingerprint density at radius 2 is 1.71 bits per heavy atom. The molecule has 0 spiro atoms. The van der Waals surface area contributed by atoms with Gasteiger partial charge in [-0.2, -0.15) is 0 Å². The van der Waals surface area contributed by atoms with Gasteiger partial charge in [0.2, 0.25) is 11.8 Å². The van der Waals surface area contributed by atoms with Crippen LogP contribution in [0.25, 0.3) is 6.08 Å². The Hall–Kier alpha value is -3.81. The highest BCUT2D eigenvalue weighted by Crippen LogP contribution is 2.54. The number of anilines is 1. The van der Waals surface area contributed by atoms with Gasteiger partial charge in [-0.3, -0.25) is 24.5 Å². The van der Waals surface area contributed by atoms with Crippen molar-refractivity contribution >= 4 is 35.0 Å². The number of aryl methyl sites for hydroxylation is 1. The maximum absolute atomic E-state index is 13.9. The number of nitro groups is 1. The Balaban J connectivity index is 1.65. The van der Waals surface area contributed by atoms with E-state index in [1.54, 1.807) is 6.92 Å². The first-order valence-corrected chi connectivity index (χ1v) is 11.2. The van der Waals surface area contributed by atoms with Crippen LogP contribution in [0.15, 0.2) is 48.7 Å². The molecule has 5 rings (SSSR count). The van der Waals surface area contributed by atoms with E-state index >= 15 is 0 Å². The van der Waals surface area contributed by atoms with Crippen LogP contribution >= 0.6 is 0 Å². The number of hydrogen-bond donors (Lipinski definition) is 0. The fourth-order valence-electron chi connectivity index (χ4n) is 5.54. The summed E-state index contributed by atoms with van der Waals surface area (Å²) in [6.45, 7) is 7.09. The number of hydrogen-bond acceptors (Lipinski definition) is 6. The molecule has 3 aliphatic heterocycles. The van der Waals surface area contributed by atoms with Crippen LogP contribution < -0.4 is 4.90 Å². The van der Waals surface area contributed by atoms with Crippen LogP contribution in [0.3, 0.4) is 0 Å². The van der Waals surface area contributed by atoms with Crippen molar-refractivity contribution in [3.8, 4) is 0 Å². The zero-order valence-electron chi connectivity index (χ0n) is 19.4. The van der Waals surface area contributed by atoms with Gasteiger partial charge in [-0.1, -0.05) is 45.0 Å². The lowest BCUT2D eigenvalue weighted by Crippen LogP contribution is -2.47. The molecule has 2 aromatic rings. The number of rotatable bonds is 3. The number of Topliss-reactive ketones (excluding diaryl/α,β-unsaturated/α-hetero) is 1. The molecule has 8 nitrogen and oxygen atoms in total. The van der Waals surface area contributed by atoms with Crippen molar-refractivity contribution < 1.29 is 19.3 Å². The Morgan fingerprint density at radius 1 is 1.03 bits per heavy atom. The molecule has 0 bridgehead atoms. The van der Waals surface area contributed by atoms with E-state index in [2.05, 4.69) is 0 Å². The van der Waals surface area contributed by atoms with Crippen LogP contribution in [-0.2, 0) is 14.4 Å². The summed E-state index contributed by atoms with van der Waals surface area (Å²) in [6.07, 6.45) is 3.75. The molecule has 2 amide bonds. The minimum Gasteiger partial charge on any atom is -0.359 e. The average Bonchev–Trinajstić information content (AvgIpc) is 3.25. The maximum atomic E-state index is 13.9. The molecule has 0 aromatic heterocycles. The maximum Gasteiger partial charge on any atom is 0.269 e. The second kappa shape index (κ2) is 7.35. The van der Waals surface area contributed by atoms with E-state index in [0.29, 0.717) is 11.3 Å². The molecule has 0 radical (unpaired) electrons. The quantitative estimate of drug-likeness (QED) is 0.390. The van der Waals surface area contributed by atoms with Gasteiger partial charge >= 0.3 is 0 Å². The van der Waals surface area contributed by atoms with Gasteiger partial charge in [-0.15, -0.1) is 0 Å². The molecule has 2 saturated heterocycles. The third kappa shape index (κ3) is 3.01. The molecule has 8 heteroatoms. The largest absolute Gasteiger partial charge is 0.359 e. The van der Waals surface area contributed by atoms with Crippen LogP contribution in [0.1, 0.15) is 43.5 Å². The van der Waals surface area contributed by atoms with E-state index in [9.17, 15) is 24.5 Å². The number of amides is 2. The number of ketones is 1. The number of benzene rings is 2. The van der Waals surface area contributed by atoms with Crippen molar-refractivity contribution in [1.29, 1.82) is 0 Å². The van der Waals surface area contributed by atoms with Gasteiger partial charge in [-0.05, 0) is 35.8 Å². The third-order valence-corrected chi connectivity index (χ3v) is 7.10. The second-order valence-corrected chi connectivity index (χ2v) is 10.2. The number of carbonyl (C=O) groups excluding carboxylic acids is 3. The molecule has 3 heterocycles. The molecule has 2 fully saturated rings. The molecular weight excluding hydrogens is 434 g/mol. The van der Waals surface area contributed by atoms with E-state index in [1.807, 2.05) is 62.2 Å². The summed E-state index contributed by atoms with van der Waals surface area (Å²) in [5, 5.41) is 11.2. The number of carbonyl (C=O) groups is 3. The summed E-state index contributed by atoms with van der Waals surface area (Å²) in [7, 11) is 0. The SMILES string of the molecule is Cc1cc([N+](=O)[O-])ccc1N1C(=O)[C@@H]2[C@@H](C1=O)[C@H]1c3ccccc3C=CN1[C@@H]2C(=O)C(C)(C)C. The molecule has 2 aromatic carbocycles. The number of non-ortho nitro benzene ring substituents is 1. The van der Waals surface area contributed by atoms with E-state index in [-0.39, 0.29) is 17.4 Å². The molecule has 0 aliphatic carbocycles.